The largest absolute Gasteiger partial charge is 0.464 e. The van der Waals surface area contributed by atoms with Crippen molar-refractivity contribution in [1.29, 1.82) is 0 Å². The van der Waals surface area contributed by atoms with Crippen LogP contribution in [-0.2, 0) is 4.74 Å². The topological polar surface area (TPSA) is 39.2 Å². The summed E-state index contributed by atoms with van der Waals surface area (Å²) in [5, 5.41) is 0.410. The lowest BCUT2D eigenvalue weighted by atomic mass is 10.2. The van der Waals surface area contributed by atoms with E-state index in [-0.39, 0.29) is 5.97 Å². The minimum Gasteiger partial charge on any atom is -0.464 e. The summed E-state index contributed by atoms with van der Waals surface area (Å²) in [5.74, 6) is -0.371. The van der Waals surface area contributed by atoms with Crippen molar-refractivity contribution in [3.63, 3.8) is 0 Å². The second-order valence-electron chi connectivity index (χ2n) is 2.98. The molecule has 3 nitrogen and oxygen atoms in total. The van der Waals surface area contributed by atoms with Crippen molar-refractivity contribution in [3.05, 3.63) is 28.8 Å². The number of aromatic nitrogens is 1. The van der Waals surface area contributed by atoms with E-state index in [0.717, 1.165) is 15.8 Å². The van der Waals surface area contributed by atoms with Gasteiger partial charge in [-0.15, -0.1) is 11.3 Å². The van der Waals surface area contributed by atoms with Crippen LogP contribution in [0.1, 0.15) is 15.4 Å². The SMILES string of the molecule is COC(=O)c1nc2cc(C)ccc2s1. The third-order valence-electron chi connectivity index (χ3n) is 1.90. The highest BCUT2D eigenvalue weighted by Crippen LogP contribution is 2.23. The summed E-state index contributed by atoms with van der Waals surface area (Å²) < 4.78 is 5.62. The van der Waals surface area contributed by atoms with Gasteiger partial charge in [0.15, 0.2) is 0 Å². The monoisotopic (exact) mass is 207 g/mol. The Morgan fingerprint density at radius 1 is 1.50 bits per heavy atom. The van der Waals surface area contributed by atoms with Crippen molar-refractivity contribution in [2.45, 2.75) is 6.92 Å². The molecule has 1 aromatic heterocycles. The molecule has 0 atom stereocenters. The number of thiazole rings is 1. The van der Waals surface area contributed by atoms with Crippen LogP contribution in [0.3, 0.4) is 0 Å². The molecule has 4 heteroatoms. The summed E-state index contributed by atoms with van der Waals surface area (Å²) in [6.45, 7) is 2.00. The summed E-state index contributed by atoms with van der Waals surface area (Å²) in [7, 11) is 1.36. The summed E-state index contributed by atoms with van der Waals surface area (Å²) in [6, 6.07) is 5.93. The molecule has 0 fully saturated rings. The smallest absolute Gasteiger partial charge is 0.367 e. The van der Waals surface area contributed by atoms with Crippen LogP contribution >= 0.6 is 11.3 Å². The molecule has 0 radical (unpaired) electrons. The first-order valence-corrected chi connectivity index (χ1v) is 4.98. The number of ether oxygens (including phenoxy) is 1. The lowest BCUT2D eigenvalue weighted by molar-refractivity contribution is 0.0600. The molecule has 0 spiro atoms. The second kappa shape index (κ2) is 3.38. The maximum atomic E-state index is 11.2. The van der Waals surface area contributed by atoms with Crippen molar-refractivity contribution in [1.82, 2.24) is 4.98 Å². The molecule has 0 saturated carbocycles. The Morgan fingerprint density at radius 3 is 3.00 bits per heavy atom. The maximum Gasteiger partial charge on any atom is 0.367 e. The molecule has 0 unspecified atom stereocenters. The molecule has 0 aliphatic carbocycles. The highest BCUT2D eigenvalue weighted by molar-refractivity contribution is 7.20. The van der Waals surface area contributed by atoms with Crippen molar-refractivity contribution in [3.8, 4) is 0 Å². The van der Waals surface area contributed by atoms with E-state index >= 15 is 0 Å². The summed E-state index contributed by atoms with van der Waals surface area (Å²) in [6.07, 6.45) is 0. The van der Waals surface area contributed by atoms with Gasteiger partial charge < -0.3 is 4.74 Å². The van der Waals surface area contributed by atoms with E-state index < -0.39 is 0 Å². The maximum absolute atomic E-state index is 11.2. The number of carbonyl (C=O) groups is 1. The molecule has 0 aliphatic rings. The van der Waals surface area contributed by atoms with Crippen molar-refractivity contribution in [2.75, 3.05) is 7.11 Å². The van der Waals surface area contributed by atoms with Crippen LogP contribution in [0.5, 0.6) is 0 Å². The number of carbonyl (C=O) groups excluding carboxylic acids is 1. The molecule has 14 heavy (non-hydrogen) atoms. The van der Waals surface area contributed by atoms with E-state index in [4.69, 9.17) is 0 Å². The van der Waals surface area contributed by atoms with Gasteiger partial charge in [0, 0.05) is 0 Å². The number of fused-ring (bicyclic) bond motifs is 1. The molecule has 0 saturated heterocycles. The van der Waals surface area contributed by atoms with Gasteiger partial charge in [0.05, 0.1) is 17.3 Å². The predicted molar refractivity (Wildman–Crippen MR) is 55.7 cm³/mol. The van der Waals surface area contributed by atoms with Gasteiger partial charge in [-0.25, -0.2) is 9.78 Å². The lowest BCUT2D eigenvalue weighted by Crippen LogP contribution is -1.99. The van der Waals surface area contributed by atoms with Crippen LogP contribution in [0.15, 0.2) is 18.2 Å². The van der Waals surface area contributed by atoms with E-state index in [1.807, 2.05) is 25.1 Å². The number of aryl methyl sites for hydroxylation is 1. The van der Waals surface area contributed by atoms with Gasteiger partial charge in [-0.05, 0) is 24.6 Å². The quantitative estimate of drug-likeness (QED) is 0.674. The fourth-order valence-corrected chi connectivity index (χ4v) is 2.08. The number of methoxy groups -OCH3 is 1. The Labute approximate surface area is 85.3 Å². The van der Waals surface area contributed by atoms with Gasteiger partial charge in [-0.2, -0.15) is 0 Å². The molecule has 1 aromatic carbocycles. The van der Waals surface area contributed by atoms with Gasteiger partial charge in [0.2, 0.25) is 5.01 Å². The van der Waals surface area contributed by atoms with Crippen LogP contribution in [0.2, 0.25) is 0 Å². The molecular weight excluding hydrogens is 198 g/mol. The number of hydrogen-bond acceptors (Lipinski definition) is 4. The van der Waals surface area contributed by atoms with E-state index in [1.54, 1.807) is 0 Å². The highest BCUT2D eigenvalue weighted by atomic mass is 32.1. The van der Waals surface area contributed by atoms with E-state index in [1.165, 1.54) is 18.4 Å². The van der Waals surface area contributed by atoms with Crippen molar-refractivity contribution >= 4 is 27.5 Å². The van der Waals surface area contributed by atoms with Gasteiger partial charge >= 0.3 is 5.97 Å². The fraction of sp³-hybridized carbons (Fsp3) is 0.200. The zero-order chi connectivity index (χ0) is 10.1. The predicted octanol–water partition coefficient (Wildman–Crippen LogP) is 2.39. The van der Waals surface area contributed by atoms with E-state index in [2.05, 4.69) is 9.72 Å². The first-order chi connectivity index (χ1) is 6.70. The Morgan fingerprint density at radius 2 is 2.29 bits per heavy atom. The summed E-state index contributed by atoms with van der Waals surface area (Å²) >= 11 is 1.35. The van der Waals surface area contributed by atoms with Crippen LogP contribution in [0.4, 0.5) is 0 Å². The number of esters is 1. The third kappa shape index (κ3) is 1.48. The number of nitrogens with zero attached hydrogens (tertiary/aromatic N) is 1. The third-order valence-corrected chi connectivity index (χ3v) is 2.92. The first kappa shape index (κ1) is 9.15. The Kier molecular flexibility index (Phi) is 2.21. The minimum atomic E-state index is -0.371. The molecule has 1 heterocycles. The molecule has 0 N–H and O–H groups in total. The highest BCUT2D eigenvalue weighted by Gasteiger charge is 2.11. The first-order valence-electron chi connectivity index (χ1n) is 4.16. The molecule has 0 amide bonds. The normalized spacial score (nSPS) is 10.4. The van der Waals surface area contributed by atoms with Gasteiger partial charge in [-0.1, -0.05) is 6.07 Å². The van der Waals surface area contributed by atoms with E-state index in [0.29, 0.717) is 5.01 Å². The van der Waals surface area contributed by atoms with Gasteiger partial charge in [0.1, 0.15) is 0 Å². The minimum absolute atomic E-state index is 0.371. The Bertz CT molecular complexity index is 490. The van der Waals surface area contributed by atoms with E-state index in [9.17, 15) is 4.79 Å². The zero-order valence-corrected chi connectivity index (χ0v) is 8.72. The van der Waals surface area contributed by atoms with Crippen LogP contribution in [0, 0.1) is 6.92 Å². The van der Waals surface area contributed by atoms with Gasteiger partial charge in [0.25, 0.3) is 0 Å². The molecule has 72 valence electrons. The van der Waals surface area contributed by atoms with Gasteiger partial charge in [-0.3, -0.25) is 0 Å². The molecule has 2 aromatic rings. The molecular formula is C10H9NO2S. The average Bonchev–Trinajstić information content (AvgIpc) is 2.59. The summed E-state index contributed by atoms with van der Waals surface area (Å²) in [5.41, 5.74) is 2.00. The number of benzene rings is 1. The Hall–Kier alpha value is -1.42. The summed E-state index contributed by atoms with van der Waals surface area (Å²) in [4.78, 5) is 15.4. The fourth-order valence-electron chi connectivity index (χ4n) is 1.21. The zero-order valence-electron chi connectivity index (χ0n) is 7.90. The number of rotatable bonds is 1. The lowest BCUT2D eigenvalue weighted by Gasteiger charge is -1.89. The van der Waals surface area contributed by atoms with Crippen LogP contribution in [0.25, 0.3) is 10.2 Å². The van der Waals surface area contributed by atoms with Crippen molar-refractivity contribution < 1.29 is 9.53 Å². The average molecular weight is 207 g/mol. The molecule has 0 aliphatic heterocycles. The van der Waals surface area contributed by atoms with Crippen molar-refractivity contribution in [2.24, 2.45) is 0 Å². The number of hydrogen-bond donors (Lipinski definition) is 0. The van der Waals surface area contributed by atoms with Crippen LogP contribution in [-0.4, -0.2) is 18.1 Å². The second-order valence-corrected chi connectivity index (χ2v) is 4.01. The standard InChI is InChI=1S/C10H9NO2S/c1-6-3-4-8-7(5-6)11-9(14-8)10(12)13-2/h3-5H,1-2H3. The molecule has 0 bridgehead atoms. The Balaban J connectivity index is 2.56. The molecule has 2 rings (SSSR count). The van der Waals surface area contributed by atoms with Crippen LogP contribution < -0.4 is 0 Å².